The molecule has 0 bridgehead atoms. The molecule has 4 nitrogen and oxygen atoms in total. The molecular formula is C20H22N3OPS. The van der Waals surface area contributed by atoms with E-state index < -0.39 is 6.42 Å². The van der Waals surface area contributed by atoms with Gasteiger partial charge in [-0.1, -0.05) is 50.2 Å². The van der Waals surface area contributed by atoms with Crippen LogP contribution in [0.25, 0.3) is 0 Å². The zero-order chi connectivity index (χ0) is 18.5. The summed E-state index contributed by atoms with van der Waals surface area (Å²) in [4.78, 5) is 2.24. The van der Waals surface area contributed by atoms with Gasteiger partial charge in [-0.2, -0.15) is 5.10 Å². The van der Waals surface area contributed by atoms with Crippen molar-refractivity contribution in [2.45, 2.75) is 19.3 Å². The van der Waals surface area contributed by atoms with E-state index in [9.17, 15) is 0 Å². The Morgan fingerprint density at radius 2 is 1.65 bits per heavy atom. The van der Waals surface area contributed by atoms with Crippen LogP contribution < -0.4 is 9.42 Å². The lowest BCUT2D eigenvalue weighted by atomic mass is 9.84. The van der Waals surface area contributed by atoms with E-state index in [4.69, 9.17) is 16.3 Å². The molecule has 134 valence electrons. The van der Waals surface area contributed by atoms with Crippen molar-refractivity contribution in [1.29, 1.82) is 0 Å². The zero-order valence-electron chi connectivity index (χ0n) is 15.4. The number of benzene rings is 2. The maximum absolute atomic E-state index is 6.38. The molecule has 1 atom stereocenters. The molecule has 1 unspecified atom stereocenters. The maximum atomic E-state index is 6.38. The molecular weight excluding hydrogens is 361 g/mol. The predicted molar refractivity (Wildman–Crippen MR) is 113 cm³/mol. The van der Waals surface area contributed by atoms with Crippen LogP contribution in [0.1, 0.15) is 19.4 Å². The minimum absolute atomic E-state index is 0.165. The lowest BCUT2D eigenvalue weighted by molar-refractivity contribution is 0.507. The van der Waals surface area contributed by atoms with Crippen LogP contribution >= 0.6 is 6.42 Å². The minimum atomic E-state index is -2.51. The van der Waals surface area contributed by atoms with Gasteiger partial charge < -0.3 is 9.42 Å². The van der Waals surface area contributed by atoms with Crippen LogP contribution in [0.15, 0.2) is 70.7 Å². The molecule has 0 spiro atoms. The van der Waals surface area contributed by atoms with Crippen molar-refractivity contribution in [3.05, 3.63) is 71.2 Å². The first-order chi connectivity index (χ1) is 12.4. The SMILES string of the molecule is CN1/C(=C2\C=NN(C)P2(=S)Oc2ccccc2)C(C)(C)c2ccccc21. The molecule has 0 amide bonds. The van der Waals surface area contributed by atoms with E-state index in [0.29, 0.717) is 0 Å². The summed E-state index contributed by atoms with van der Waals surface area (Å²) in [6.07, 6.45) is -0.614. The van der Waals surface area contributed by atoms with Gasteiger partial charge in [0.2, 0.25) is 0 Å². The fraction of sp³-hybridized carbons (Fsp3) is 0.250. The van der Waals surface area contributed by atoms with Gasteiger partial charge in [0, 0.05) is 30.9 Å². The first kappa shape index (κ1) is 17.3. The van der Waals surface area contributed by atoms with Gasteiger partial charge in [-0.25, -0.2) is 4.78 Å². The normalized spacial score (nSPS) is 26.3. The van der Waals surface area contributed by atoms with Gasteiger partial charge in [-0.05, 0) is 35.6 Å². The Morgan fingerprint density at radius 3 is 2.35 bits per heavy atom. The summed E-state index contributed by atoms with van der Waals surface area (Å²) in [5.74, 6) is 0.780. The monoisotopic (exact) mass is 383 g/mol. The molecule has 2 heterocycles. The van der Waals surface area contributed by atoms with E-state index in [1.807, 2.05) is 48.4 Å². The molecule has 2 aromatic carbocycles. The quantitative estimate of drug-likeness (QED) is 0.687. The molecule has 0 aromatic heterocycles. The van der Waals surface area contributed by atoms with Crippen molar-refractivity contribution < 1.29 is 4.52 Å². The van der Waals surface area contributed by atoms with Gasteiger partial charge in [0.1, 0.15) is 5.75 Å². The Kier molecular flexibility index (Phi) is 3.98. The van der Waals surface area contributed by atoms with Gasteiger partial charge in [-0.15, -0.1) is 0 Å². The Morgan fingerprint density at radius 1 is 1.00 bits per heavy atom. The number of fused-ring (bicyclic) bond motifs is 1. The Balaban J connectivity index is 1.88. The first-order valence-electron chi connectivity index (χ1n) is 8.57. The predicted octanol–water partition coefficient (Wildman–Crippen LogP) is 4.95. The first-order valence-corrected chi connectivity index (χ1v) is 11.2. The average Bonchev–Trinajstić information content (AvgIpc) is 3.01. The molecule has 6 heteroatoms. The largest absolute Gasteiger partial charge is 0.444 e. The van der Waals surface area contributed by atoms with E-state index in [1.165, 1.54) is 16.9 Å². The Labute approximate surface area is 159 Å². The third-order valence-corrected chi connectivity index (χ3v) is 8.90. The molecule has 2 aliphatic heterocycles. The van der Waals surface area contributed by atoms with Crippen LogP contribution in [-0.2, 0) is 17.2 Å². The van der Waals surface area contributed by atoms with Gasteiger partial charge in [0.05, 0.1) is 11.5 Å². The van der Waals surface area contributed by atoms with Crippen molar-refractivity contribution in [3.8, 4) is 5.75 Å². The van der Waals surface area contributed by atoms with E-state index in [0.717, 1.165) is 11.1 Å². The molecule has 0 radical (unpaired) electrons. The number of anilines is 1. The fourth-order valence-corrected chi connectivity index (χ4v) is 6.62. The number of likely N-dealkylation sites (N-methyl/N-ethyl adjacent to an activating group) is 1. The highest BCUT2D eigenvalue weighted by Crippen LogP contribution is 2.64. The van der Waals surface area contributed by atoms with Crippen LogP contribution in [0.2, 0.25) is 0 Å². The second-order valence-corrected chi connectivity index (χ2v) is 10.9. The average molecular weight is 383 g/mol. The molecule has 0 saturated carbocycles. The lowest BCUT2D eigenvalue weighted by Gasteiger charge is -2.31. The molecule has 26 heavy (non-hydrogen) atoms. The van der Waals surface area contributed by atoms with Crippen molar-refractivity contribution in [1.82, 2.24) is 4.78 Å². The number of hydrazone groups is 1. The zero-order valence-corrected chi connectivity index (χ0v) is 17.1. The Hall–Kier alpha value is -2.10. The molecule has 2 aromatic rings. The highest BCUT2D eigenvalue weighted by Gasteiger charge is 2.46. The van der Waals surface area contributed by atoms with Gasteiger partial charge in [0.15, 0.2) is 0 Å². The maximum Gasteiger partial charge on any atom is 0.253 e. The van der Waals surface area contributed by atoms with Gasteiger partial charge in [0.25, 0.3) is 6.42 Å². The standard InChI is InChI=1S/C20H22N3OPS/c1-20(2)16-12-8-9-13-17(16)22(3)19(20)18-14-21-23(4)25(18,26)24-15-10-6-5-7-11-15/h5-14H,1-4H3/b19-18+. The third-order valence-electron chi connectivity index (χ3n) is 5.11. The van der Waals surface area contributed by atoms with Crippen LogP contribution in [0, 0.1) is 0 Å². The molecule has 0 N–H and O–H groups in total. The topological polar surface area (TPSA) is 28.1 Å². The number of nitrogens with zero attached hydrogens (tertiary/aromatic N) is 3. The van der Waals surface area contributed by atoms with Gasteiger partial charge in [-0.3, -0.25) is 0 Å². The van der Waals surface area contributed by atoms with E-state index in [1.54, 1.807) is 0 Å². The van der Waals surface area contributed by atoms with Crippen LogP contribution in [-0.4, -0.2) is 25.1 Å². The summed E-state index contributed by atoms with van der Waals surface area (Å²) in [6.45, 7) is 4.48. The summed E-state index contributed by atoms with van der Waals surface area (Å²) in [7, 11) is 4.01. The van der Waals surface area contributed by atoms with Gasteiger partial charge >= 0.3 is 0 Å². The van der Waals surface area contributed by atoms with Crippen molar-refractivity contribution in [2.75, 3.05) is 19.0 Å². The second-order valence-electron chi connectivity index (χ2n) is 7.09. The second kappa shape index (κ2) is 5.97. The highest BCUT2D eigenvalue weighted by molar-refractivity contribution is 8.13. The van der Waals surface area contributed by atoms with E-state index >= 15 is 0 Å². The van der Waals surface area contributed by atoms with Crippen LogP contribution in [0.3, 0.4) is 0 Å². The van der Waals surface area contributed by atoms with Crippen molar-refractivity contribution >= 4 is 30.1 Å². The molecule has 0 aliphatic carbocycles. The molecule has 4 rings (SSSR count). The summed E-state index contributed by atoms with van der Waals surface area (Å²) >= 11 is 6.10. The van der Waals surface area contributed by atoms with Crippen molar-refractivity contribution in [2.24, 2.45) is 5.10 Å². The highest BCUT2D eigenvalue weighted by atomic mass is 32.4. The molecule has 0 fully saturated rings. The molecule has 2 aliphatic rings. The third kappa shape index (κ3) is 2.42. The number of hydrogen-bond acceptors (Lipinski definition) is 4. The fourth-order valence-electron chi connectivity index (χ4n) is 3.82. The summed E-state index contributed by atoms with van der Waals surface area (Å²) in [5, 5.41) is 5.53. The summed E-state index contributed by atoms with van der Waals surface area (Å²) in [5.41, 5.74) is 3.52. The van der Waals surface area contributed by atoms with Crippen molar-refractivity contribution in [3.63, 3.8) is 0 Å². The molecule has 0 saturated heterocycles. The van der Waals surface area contributed by atoms with E-state index in [2.05, 4.69) is 55.2 Å². The summed E-state index contributed by atoms with van der Waals surface area (Å²) < 4.78 is 8.21. The smallest absolute Gasteiger partial charge is 0.253 e. The number of rotatable bonds is 2. The van der Waals surface area contributed by atoms with Crippen LogP contribution in [0.5, 0.6) is 5.75 Å². The summed E-state index contributed by atoms with van der Waals surface area (Å²) in [6, 6.07) is 18.3. The lowest BCUT2D eigenvalue weighted by Crippen LogP contribution is -2.26. The Bertz CT molecular complexity index is 968. The van der Waals surface area contributed by atoms with Crippen LogP contribution in [0.4, 0.5) is 5.69 Å². The minimum Gasteiger partial charge on any atom is -0.444 e. The number of para-hydroxylation sites is 2. The van der Waals surface area contributed by atoms with E-state index in [-0.39, 0.29) is 5.41 Å². The number of allylic oxidation sites excluding steroid dienone is 2. The number of hydrogen-bond donors (Lipinski definition) is 0.